The maximum absolute atomic E-state index is 14.1. The van der Waals surface area contributed by atoms with Crippen LogP contribution in [0.15, 0.2) is 30.6 Å². The van der Waals surface area contributed by atoms with E-state index in [1.54, 1.807) is 6.92 Å². The van der Waals surface area contributed by atoms with Gasteiger partial charge < -0.3 is 10.1 Å². The fourth-order valence-electron chi connectivity index (χ4n) is 2.11. The van der Waals surface area contributed by atoms with Gasteiger partial charge in [-0.2, -0.15) is 0 Å². The first-order chi connectivity index (χ1) is 11.3. The summed E-state index contributed by atoms with van der Waals surface area (Å²) in [7, 11) is 1.08. The van der Waals surface area contributed by atoms with Gasteiger partial charge in [-0.05, 0) is 32.0 Å². The lowest BCUT2D eigenvalue weighted by molar-refractivity contribution is -0.148. The lowest BCUT2D eigenvalue weighted by atomic mass is 9.91. The van der Waals surface area contributed by atoms with E-state index in [2.05, 4.69) is 20.0 Å². The Hall–Kier alpha value is -2.90. The van der Waals surface area contributed by atoms with Crippen LogP contribution in [0.5, 0.6) is 0 Å². The molecule has 1 aromatic carbocycles. The zero-order valence-corrected chi connectivity index (χ0v) is 13.3. The van der Waals surface area contributed by atoms with Gasteiger partial charge in [0, 0.05) is 11.8 Å². The second kappa shape index (κ2) is 6.69. The van der Waals surface area contributed by atoms with Crippen molar-refractivity contribution in [2.24, 2.45) is 0 Å². The number of carbonyl (C=O) groups is 2. The molecule has 1 N–H and O–H groups in total. The highest BCUT2D eigenvalue weighted by molar-refractivity contribution is 5.96. The predicted octanol–water partition coefficient (Wildman–Crippen LogP) is 1.88. The van der Waals surface area contributed by atoms with Crippen LogP contribution in [-0.4, -0.2) is 29.0 Å². The van der Waals surface area contributed by atoms with Crippen molar-refractivity contribution >= 4 is 11.9 Å². The topological polar surface area (TPSA) is 81.2 Å². The molecule has 2 aromatic rings. The zero-order valence-electron chi connectivity index (χ0n) is 13.3. The van der Waals surface area contributed by atoms with Crippen molar-refractivity contribution in [1.82, 2.24) is 15.3 Å². The molecule has 126 valence electrons. The zero-order chi connectivity index (χ0) is 17.9. The fourth-order valence-corrected chi connectivity index (χ4v) is 2.11. The van der Waals surface area contributed by atoms with E-state index < -0.39 is 29.0 Å². The molecular formula is C16H15F2N3O3. The highest BCUT2D eigenvalue weighted by atomic mass is 19.1. The molecule has 1 atom stereocenters. The van der Waals surface area contributed by atoms with Crippen LogP contribution in [0.4, 0.5) is 8.78 Å². The van der Waals surface area contributed by atoms with Crippen LogP contribution in [0.25, 0.3) is 0 Å². The summed E-state index contributed by atoms with van der Waals surface area (Å²) in [4.78, 5) is 32.3. The Balaban J connectivity index is 2.45. The van der Waals surface area contributed by atoms with E-state index in [0.717, 1.165) is 25.3 Å². The van der Waals surface area contributed by atoms with E-state index >= 15 is 0 Å². The van der Waals surface area contributed by atoms with Gasteiger partial charge in [-0.3, -0.25) is 9.78 Å². The largest absolute Gasteiger partial charge is 0.467 e. The van der Waals surface area contributed by atoms with Crippen LogP contribution in [0, 0.1) is 18.6 Å². The first-order valence-electron chi connectivity index (χ1n) is 6.93. The van der Waals surface area contributed by atoms with Gasteiger partial charge in [-0.1, -0.05) is 0 Å². The first-order valence-corrected chi connectivity index (χ1v) is 6.93. The molecule has 0 bridgehead atoms. The molecule has 2 rings (SSSR count). The molecule has 1 amide bonds. The average molecular weight is 335 g/mol. The summed E-state index contributed by atoms with van der Waals surface area (Å²) in [5, 5.41) is 2.34. The van der Waals surface area contributed by atoms with Crippen LogP contribution < -0.4 is 5.32 Å². The number of rotatable bonds is 4. The normalized spacial score (nSPS) is 13.0. The number of methoxy groups -OCH3 is 1. The van der Waals surface area contributed by atoms with Crippen LogP contribution in [-0.2, 0) is 15.1 Å². The number of carbonyl (C=O) groups excluding carboxylic acids is 2. The van der Waals surface area contributed by atoms with Gasteiger partial charge in [0.25, 0.3) is 5.91 Å². The third kappa shape index (κ3) is 3.37. The number of nitrogens with zero attached hydrogens (tertiary/aromatic N) is 2. The number of amides is 1. The van der Waals surface area contributed by atoms with Crippen molar-refractivity contribution in [1.29, 1.82) is 0 Å². The molecule has 1 aromatic heterocycles. The first kappa shape index (κ1) is 17.5. The summed E-state index contributed by atoms with van der Waals surface area (Å²) in [5.41, 5.74) is -1.78. The second-order valence-electron chi connectivity index (χ2n) is 5.24. The number of ether oxygens (including phenoxy) is 1. The number of aryl methyl sites for hydroxylation is 1. The SMILES string of the molecule is COC(=O)[C@](C)(NC(=O)c1cnc(C)cn1)c1cc(F)ccc1F. The van der Waals surface area contributed by atoms with Gasteiger partial charge in [0.1, 0.15) is 17.3 Å². The van der Waals surface area contributed by atoms with Crippen LogP contribution in [0.2, 0.25) is 0 Å². The van der Waals surface area contributed by atoms with E-state index in [1.807, 2.05) is 0 Å². The number of benzene rings is 1. The van der Waals surface area contributed by atoms with Crippen LogP contribution in [0.3, 0.4) is 0 Å². The number of hydrogen-bond donors (Lipinski definition) is 1. The van der Waals surface area contributed by atoms with Crippen molar-refractivity contribution in [2.45, 2.75) is 19.4 Å². The Morgan fingerprint density at radius 1 is 1.21 bits per heavy atom. The summed E-state index contributed by atoms with van der Waals surface area (Å²) >= 11 is 0. The van der Waals surface area contributed by atoms with Crippen LogP contribution >= 0.6 is 0 Å². The lowest BCUT2D eigenvalue weighted by Crippen LogP contribution is -2.51. The van der Waals surface area contributed by atoms with E-state index in [9.17, 15) is 18.4 Å². The summed E-state index contributed by atoms with van der Waals surface area (Å²) in [6.45, 7) is 2.91. The Bertz CT molecular complexity index is 781. The molecule has 0 aliphatic rings. The number of hydrogen-bond acceptors (Lipinski definition) is 5. The van der Waals surface area contributed by atoms with Crippen molar-refractivity contribution in [3.63, 3.8) is 0 Å². The molecule has 6 nitrogen and oxygen atoms in total. The van der Waals surface area contributed by atoms with Gasteiger partial charge in [0.2, 0.25) is 0 Å². The number of halogens is 2. The van der Waals surface area contributed by atoms with Crippen LogP contribution in [0.1, 0.15) is 28.7 Å². The van der Waals surface area contributed by atoms with Gasteiger partial charge >= 0.3 is 5.97 Å². The smallest absolute Gasteiger partial charge is 0.336 e. The molecule has 0 unspecified atom stereocenters. The fraction of sp³-hybridized carbons (Fsp3) is 0.250. The minimum absolute atomic E-state index is 0.0764. The standard InChI is InChI=1S/C16H15F2N3O3/c1-9-7-20-13(8-19-9)14(22)21-16(2,15(23)24-3)11-6-10(17)4-5-12(11)18/h4-8H,1-3H3,(H,21,22)/t16-/m1/s1. The maximum atomic E-state index is 14.1. The Kier molecular flexibility index (Phi) is 4.87. The highest BCUT2D eigenvalue weighted by Crippen LogP contribution is 2.26. The summed E-state index contributed by atoms with van der Waals surface area (Å²) in [6.07, 6.45) is 2.58. The third-order valence-corrected chi connectivity index (χ3v) is 3.44. The van der Waals surface area contributed by atoms with Crippen molar-refractivity contribution in [3.05, 3.63) is 59.2 Å². The number of aromatic nitrogens is 2. The third-order valence-electron chi connectivity index (χ3n) is 3.44. The highest BCUT2D eigenvalue weighted by Gasteiger charge is 2.41. The Morgan fingerprint density at radius 2 is 1.92 bits per heavy atom. The molecular weight excluding hydrogens is 320 g/mol. The minimum atomic E-state index is -1.94. The molecule has 0 radical (unpaired) electrons. The molecule has 0 saturated heterocycles. The molecule has 0 spiro atoms. The number of nitrogens with one attached hydrogen (secondary N) is 1. The molecule has 8 heteroatoms. The quantitative estimate of drug-likeness (QED) is 0.863. The van der Waals surface area contributed by atoms with Gasteiger partial charge in [-0.25, -0.2) is 18.6 Å². The minimum Gasteiger partial charge on any atom is -0.467 e. The average Bonchev–Trinajstić information content (AvgIpc) is 2.56. The summed E-state index contributed by atoms with van der Waals surface area (Å²) in [6, 6.07) is 2.60. The van der Waals surface area contributed by atoms with Crippen molar-refractivity contribution in [2.75, 3.05) is 7.11 Å². The Labute approximate surface area is 136 Å². The van der Waals surface area contributed by atoms with E-state index in [4.69, 9.17) is 0 Å². The van der Waals surface area contributed by atoms with Gasteiger partial charge in [-0.15, -0.1) is 0 Å². The van der Waals surface area contributed by atoms with E-state index in [1.165, 1.54) is 19.3 Å². The Morgan fingerprint density at radius 3 is 2.50 bits per heavy atom. The second-order valence-corrected chi connectivity index (χ2v) is 5.24. The molecule has 0 saturated carbocycles. The van der Waals surface area contributed by atoms with E-state index in [0.29, 0.717) is 5.69 Å². The predicted molar refractivity (Wildman–Crippen MR) is 80.0 cm³/mol. The van der Waals surface area contributed by atoms with E-state index in [-0.39, 0.29) is 11.3 Å². The monoisotopic (exact) mass is 335 g/mol. The maximum Gasteiger partial charge on any atom is 0.336 e. The lowest BCUT2D eigenvalue weighted by Gasteiger charge is -2.28. The molecule has 24 heavy (non-hydrogen) atoms. The molecule has 0 aliphatic heterocycles. The molecule has 1 heterocycles. The number of esters is 1. The van der Waals surface area contributed by atoms with Gasteiger partial charge in [0.15, 0.2) is 5.54 Å². The van der Waals surface area contributed by atoms with Gasteiger partial charge in [0.05, 0.1) is 19.0 Å². The summed E-state index contributed by atoms with van der Waals surface area (Å²) in [5.74, 6) is -3.36. The summed E-state index contributed by atoms with van der Waals surface area (Å²) < 4.78 is 32.3. The van der Waals surface area contributed by atoms with Crippen molar-refractivity contribution < 1.29 is 23.1 Å². The molecule has 0 fully saturated rings. The van der Waals surface area contributed by atoms with Crippen molar-refractivity contribution in [3.8, 4) is 0 Å². The molecule has 0 aliphatic carbocycles.